The number of furan rings is 1. The highest BCUT2D eigenvalue weighted by Crippen LogP contribution is 2.34. The molecule has 118 valence electrons. The number of carbonyl (C=O) groups excluding carboxylic acids is 2. The van der Waals surface area contributed by atoms with Crippen LogP contribution in [0.5, 0.6) is 0 Å². The van der Waals surface area contributed by atoms with E-state index in [-0.39, 0.29) is 23.5 Å². The molecule has 0 unspecified atom stereocenters. The summed E-state index contributed by atoms with van der Waals surface area (Å²) >= 11 is 6.21. The van der Waals surface area contributed by atoms with Crippen molar-refractivity contribution in [3.8, 4) is 0 Å². The largest absolute Gasteiger partial charge is 0.450 e. The Labute approximate surface area is 157 Å². The minimum absolute atomic E-state index is 0.113. The zero-order chi connectivity index (χ0) is 16.6. The van der Waals surface area contributed by atoms with Crippen molar-refractivity contribution in [3.63, 3.8) is 0 Å². The average Bonchev–Trinajstić information content (AvgIpc) is 2.95. The molecule has 23 heavy (non-hydrogen) atoms. The molecule has 1 aliphatic heterocycles. The van der Waals surface area contributed by atoms with Gasteiger partial charge in [-0.3, -0.25) is 14.5 Å². The van der Waals surface area contributed by atoms with Gasteiger partial charge in [0.05, 0.1) is 15.9 Å². The van der Waals surface area contributed by atoms with Gasteiger partial charge in [-0.15, -0.1) is 0 Å². The number of carbonyl (C=O) groups is 2. The maximum absolute atomic E-state index is 12.9. The molecule has 0 atom stereocenters. The monoisotopic (exact) mass is 507 g/mol. The SMILES string of the molecule is O=C1S/C(=C\c2cc(Br)c(I)o2)C(=O)N1Cc1ccc(F)cc1. The Kier molecular flexibility index (Phi) is 4.93. The molecule has 2 aromatic rings. The van der Waals surface area contributed by atoms with E-state index in [1.165, 1.54) is 12.1 Å². The average molecular weight is 508 g/mol. The van der Waals surface area contributed by atoms with Crippen LogP contribution < -0.4 is 0 Å². The van der Waals surface area contributed by atoms with E-state index in [1.807, 2.05) is 22.6 Å². The smallest absolute Gasteiger partial charge is 0.293 e. The van der Waals surface area contributed by atoms with Gasteiger partial charge in [0, 0.05) is 28.7 Å². The Morgan fingerprint density at radius 3 is 2.61 bits per heavy atom. The minimum atomic E-state index is -0.383. The molecule has 1 aromatic carbocycles. The second-order valence-corrected chi connectivity index (χ2v) is 7.49. The maximum Gasteiger partial charge on any atom is 0.293 e. The molecule has 1 aliphatic rings. The number of imide groups is 1. The molecule has 1 fully saturated rings. The van der Waals surface area contributed by atoms with E-state index < -0.39 is 0 Å². The van der Waals surface area contributed by atoms with Gasteiger partial charge in [-0.2, -0.15) is 0 Å². The predicted octanol–water partition coefficient (Wildman–Crippen LogP) is 5.02. The lowest BCUT2D eigenvalue weighted by molar-refractivity contribution is -0.123. The van der Waals surface area contributed by atoms with Crippen LogP contribution in [0.3, 0.4) is 0 Å². The van der Waals surface area contributed by atoms with Crippen LogP contribution in [0, 0.1) is 9.58 Å². The van der Waals surface area contributed by atoms with E-state index in [2.05, 4.69) is 15.9 Å². The van der Waals surface area contributed by atoms with Crippen molar-refractivity contribution in [1.29, 1.82) is 0 Å². The van der Waals surface area contributed by atoms with E-state index in [9.17, 15) is 14.0 Å². The lowest BCUT2D eigenvalue weighted by atomic mass is 10.2. The van der Waals surface area contributed by atoms with Gasteiger partial charge < -0.3 is 4.42 Å². The molecular formula is C15H8BrFINO3S. The van der Waals surface area contributed by atoms with E-state index in [0.717, 1.165) is 21.1 Å². The molecule has 8 heteroatoms. The fraction of sp³-hybridized carbons (Fsp3) is 0.0667. The van der Waals surface area contributed by atoms with Crippen molar-refractivity contribution >= 4 is 67.5 Å². The summed E-state index contributed by atoms with van der Waals surface area (Å²) in [6, 6.07) is 7.43. The quantitative estimate of drug-likeness (QED) is 0.432. The van der Waals surface area contributed by atoms with Crippen molar-refractivity contribution in [2.24, 2.45) is 0 Å². The van der Waals surface area contributed by atoms with Crippen LogP contribution in [-0.4, -0.2) is 16.0 Å². The predicted molar refractivity (Wildman–Crippen MR) is 97.0 cm³/mol. The molecule has 0 spiro atoms. The molecule has 3 rings (SSSR count). The number of hydrogen-bond donors (Lipinski definition) is 0. The van der Waals surface area contributed by atoms with Crippen LogP contribution in [0.15, 0.2) is 44.1 Å². The van der Waals surface area contributed by atoms with E-state index in [0.29, 0.717) is 20.0 Å². The minimum Gasteiger partial charge on any atom is -0.450 e. The summed E-state index contributed by atoms with van der Waals surface area (Å²) in [6.07, 6.45) is 1.54. The van der Waals surface area contributed by atoms with Crippen molar-refractivity contribution in [2.75, 3.05) is 0 Å². The highest BCUT2D eigenvalue weighted by molar-refractivity contribution is 14.1. The van der Waals surface area contributed by atoms with Crippen molar-refractivity contribution in [2.45, 2.75) is 6.54 Å². The standard InChI is InChI=1S/C15H8BrFINO3S/c16-11-5-10(22-13(11)18)6-12-14(20)19(15(21)23-12)7-8-1-3-9(17)4-2-8/h1-6H,7H2/b12-6-. The number of nitrogens with zero attached hydrogens (tertiary/aromatic N) is 1. The first-order chi connectivity index (χ1) is 10.9. The van der Waals surface area contributed by atoms with E-state index in [4.69, 9.17) is 4.42 Å². The Bertz CT molecular complexity index is 799. The first-order valence-corrected chi connectivity index (χ1v) is 9.07. The van der Waals surface area contributed by atoms with Gasteiger partial charge in [-0.25, -0.2) is 4.39 Å². The molecule has 0 aliphatic carbocycles. The van der Waals surface area contributed by atoms with Gasteiger partial charge in [0.2, 0.25) is 0 Å². The van der Waals surface area contributed by atoms with Crippen molar-refractivity contribution in [3.05, 3.63) is 60.6 Å². The Morgan fingerprint density at radius 1 is 1.30 bits per heavy atom. The third-order valence-corrected chi connectivity index (χ3v) is 6.10. The van der Waals surface area contributed by atoms with Crippen LogP contribution in [0.1, 0.15) is 11.3 Å². The summed E-state index contributed by atoms with van der Waals surface area (Å²) in [5.74, 6) is -0.249. The third-order valence-electron chi connectivity index (χ3n) is 3.07. The number of hydrogen-bond acceptors (Lipinski definition) is 4. The summed E-state index contributed by atoms with van der Waals surface area (Å²) < 4.78 is 19.8. The fourth-order valence-electron chi connectivity index (χ4n) is 1.97. The van der Waals surface area contributed by atoms with Crippen LogP contribution in [0.25, 0.3) is 6.08 Å². The molecule has 1 aromatic heterocycles. The highest BCUT2D eigenvalue weighted by Gasteiger charge is 2.35. The zero-order valence-corrected chi connectivity index (χ0v) is 15.9. The number of halogens is 3. The maximum atomic E-state index is 12.9. The Balaban J connectivity index is 1.80. The van der Waals surface area contributed by atoms with Crippen molar-refractivity contribution < 1.29 is 18.4 Å². The topological polar surface area (TPSA) is 50.5 Å². The summed E-state index contributed by atoms with van der Waals surface area (Å²) in [6.45, 7) is 0.113. The summed E-state index contributed by atoms with van der Waals surface area (Å²) in [5.41, 5.74) is 0.685. The van der Waals surface area contributed by atoms with Crippen LogP contribution in [-0.2, 0) is 11.3 Å². The first kappa shape index (κ1) is 16.7. The third kappa shape index (κ3) is 3.69. The molecular weight excluding hydrogens is 500 g/mol. The lowest BCUT2D eigenvalue weighted by Gasteiger charge is -2.12. The number of rotatable bonds is 3. The van der Waals surface area contributed by atoms with Gasteiger partial charge in [0.1, 0.15) is 11.6 Å². The lowest BCUT2D eigenvalue weighted by Crippen LogP contribution is -2.27. The van der Waals surface area contributed by atoms with Gasteiger partial charge >= 0.3 is 0 Å². The number of thioether (sulfide) groups is 1. The molecule has 0 N–H and O–H groups in total. The van der Waals surface area contributed by atoms with Gasteiger partial charge in [0.15, 0.2) is 3.77 Å². The van der Waals surface area contributed by atoms with Crippen LogP contribution in [0.4, 0.5) is 9.18 Å². The second kappa shape index (κ2) is 6.78. The Morgan fingerprint density at radius 2 is 2.00 bits per heavy atom. The second-order valence-electron chi connectivity index (χ2n) is 4.66. The van der Waals surface area contributed by atoms with Crippen molar-refractivity contribution in [1.82, 2.24) is 4.90 Å². The first-order valence-electron chi connectivity index (χ1n) is 6.38. The molecule has 2 amide bonds. The normalized spacial score (nSPS) is 16.7. The summed E-state index contributed by atoms with van der Waals surface area (Å²) in [5, 5.41) is -0.356. The molecule has 4 nitrogen and oxygen atoms in total. The van der Waals surface area contributed by atoms with Crippen LogP contribution >= 0.6 is 50.3 Å². The summed E-state index contributed by atoms with van der Waals surface area (Å²) in [4.78, 5) is 25.8. The molecule has 0 bridgehead atoms. The van der Waals surface area contributed by atoms with Gasteiger partial charge in [0.25, 0.3) is 11.1 Å². The Hall–Kier alpha value is -1.13. The van der Waals surface area contributed by atoms with E-state index in [1.54, 1.807) is 24.3 Å². The molecule has 1 saturated heterocycles. The molecule has 0 radical (unpaired) electrons. The number of benzene rings is 1. The number of amides is 2. The van der Waals surface area contributed by atoms with Crippen LogP contribution in [0.2, 0.25) is 0 Å². The molecule has 0 saturated carbocycles. The highest BCUT2D eigenvalue weighted by atomic mass is 127. The molecule has 2 heterocycles. The zero-order valence-electron chi connectivity index (χ0n) is 11.4. The van der Waals surface area contributed by atoms with Gasteiger partial charge in [-0.1, -0.05) is 12.1 Å². The summed E-state index contributed by atoms with van der Waals surface area (Å²) in [7, 11) is 0. The fourth-order valence-corrected chi connectivity index (χ4v) is 3.51. The van der Waals surface area contributed by atoms with Gasteiger partial charge in [-0.05, 0) is 51.5 Å². The van der Waals surface area contributed by atoms with E-state index >= 15 is 0 Å².